The minimum absolute atomic E-state index is 0.146. The number of rotatable bonds is 3. The molecule has 7 nitrogen and oxygen atoms in total. The first-order valence-corrected chi connectivity index (χ1v) is 7.28. The zero-order valence-corrected chi connectivity index (χ0v) is 13.2. The molecule has 0 aliphatic carbocycles. The molecule has 0 bridgehead atoms. The van der Waals surface area contributed by atoms with Crippen LogP contribution in [0.4, 0.5) is 10.5 Å². The van der Waals surface area contributed by atoms with Gasteiger partial charge in [-0.3, -0.25) is 9.69 Å². The van der Waals surface area contributed by atoms with Gasteiger partial charge in [-0.2, -0.15) is 5.10 Å². The highest BCUT2D eigenvalue weighted by Gasteiger charge is 2.13. The van der Waals surface area contributed by atoms with Gasteiger partial charge in [-0.05, 0) is 29.8 Å². The van der Waals surface area contributed by atoms with Gasteiger partial charge in [0.1, 0.15) is 0 Å². The number of carbonyl (C=O) groups excluding carboxylic acids is 1. The van der Waals surface area contributed by atoms with Crippen LogP contribution >= 0.6 is 0 Å². The molecular weight excluding hydrogens is 308 g/mol. The summed E-state index contributed by atoms with van der Waals surface area (Å²) in [4.78, 5) is 23.9. The van der Waals surface area contributed by atoms with Crippen LogP contribution in [-0.2, 0) is 0 Å². The van der Waals surface area contributed by atoms with E-state index in [4.69, 9.17) is 5.11 Å². The van der Waals surface area contributed by atoms with E-state index in [-0.39, 0.29) is 5.91 Å². The molecule has 0 fully saturated rings. The summed E-state index contributed by atoms with van der Waals surface area (Å²) in [6.07, 6.45) is 2.40. The number of hydrogen-bond acceptors (Lipinski definition) is 3. The highest BCUT2D eigenvalue weighted by Crippen LogP contribution is 2.27. The lowest BCUT2D eigenvalue weighted by Gasteiger charge is -2.13. The van der Waals surface area contributed by atoms with Crippen LogP contribution < -0.4 is 10.2 Å². The Kier molecular flexibility index (Phi) is 3.91. The van der Waals surface area contributed by atoms with Crippen molar-refractivity contribution < 1.29 is 14.7 Å². The minimum atomic E-state index is -1.03. The molecule has 0 aliphatic rings. The van der Waals surface area contributed by atoms with Crippen LogP contribution in [0.5, 0.6) is 0 Å². The normalized spacial score (nSPS) is 10.6. The minimum Gasteiger partial charge on any atom is -0.465 e. The van der Waals surface area contributed by atoms with Crippen LogP contribution in [0.25, 0.3) is 16.6 Å². The zero-order chi connectivity index (χ0) is 17.3. The SMILES string of the molecule is CNC(=O)c1ccc(-c2cnn3ccc(N(C)C(=O)O)cc23)cc1. The van der Waals surface area contributed by atoms with Crippen LogP contribution in [0, 0.1) is 0 Å². The fraction of sp³-hybridized carbons (Fsp3) is 0.118. The van der Waals surface area contributed by atoms with Crippen molar-refractivity contribution in [2.24, 2.45) is 0 Å². The number of fused-ring (bicyclic) bond motifs is 1. The van der Waals surface area contributed by atoms with E-state index in [1.165, 1.54) is 7.05 Å². The molecule has 0 spiro atoms. The Balaban J connectivity index is 2.04. The number of hydrogen-bond donors (Lipinski definition) is 2. The molecule has 0 atom stereocenters. The largest absolute Gasteiger partial charge is 0.465 e. The maximum absolute atomic E-state index is 11.6. The van der Waals surface area contributed by atoms with Gasteiger partial charge in [0.05, 0.1) is 17.4 Å². The Morgan fingerprint density at radius 1 is 1.21 bits per heavy atom. The molecular formula is C17H16N4O3. The molecule has 0 saturated carbocycles. The standard InChI is InChI=1S/C17H16N4O3/c1-18-16(22)12-5-3-11(4-6-12)14-10-19-21-8-7-13(9-15(14)21)20(2)17(23)24/h3-10H,1-2H3,(H,18,22)(H,23,24). The summed E-state index contributed by atoms with van der Waals surface area (Å²) in [5, 5.41) is 16.0. The maximum Gasteiger partial charge on any atom is 0.411 e. The van der Waals surface area contributed by atoms with Crippen molar-refractivity contribution in [3.63, 3.8) is 0 Å². The first-order chi connectivity index (χ1) is 11.5. The molecule has 3 rings (SSSR count). The first-order valence-electron chi connectivity index (χ1n) is 7.28. The Bertz CT molecular complexity index is 915. The molecule has 2 heterocycles. The second kappa shape index (κ2) is 6.04. The van der Waals surface area contributed by atoms with Crippen LogP contribution in [0.3, 0.4) is 0 Å². The van der Waals surface area contributed by atoms with Crippen molar-refractivity contribution >= 4 is 23.2 Å². The number of nitrogens with zero attached hydrogens (tertiary/aromatic N) is 3. The molecule has 24 heavy (non-hydrogen) atoms. The van der Waals surface area contributed by atoms with Gasteiger partial charge in [-0.1, -0.05) is 12.1 Å². The van der Waals surface area contributed by atoms with Gasteiger partial charge >= 0.3 is 6.09 Å². The first kappa shape index (κ1) is 15.5. The predicted octanol–water partition coefficient (Wildman–Crippen LogP) is 2.48. The highest BCUT2D eigenvalue weighted by atomic mass is 16.4. The van der Waals surface area contributed by atoms with Crippen molar-refractivity contribution in [2.45, 2.75) is 0 Å². The lowest BCUT2D eigenvalue weighted by Crippen LogP contribution is -2.23. The van der Waals surface area contributed by atoms with E-state index in [1.807, 2.05) is 12.1 Å². The van der Waals surface area contributed by atoms with Crippen molar-refractivity contribution in [3.05, 3.63) is 54.4 Å². The van der Waals surface area contributed by atoms with Crippen LogP contribution in [0.2, 0.25) is 0 Å². The number of carbonyl (C=O) groups is 2. The molecule has 7 heteroatoms. The lowest BCUT2D eigenvalue weighted by atomic mass is 10.0. The number of aromatic nitrogens is 2. The van der Waals surface area contributed by atoms with Gasteiger partial charge in [0.25, 0.3) is 5.91 Å². The van der Waals surface area contributed by atoms with Crippen LogP contribution in [-0.4, -0.2) is 40.8 Å². The Morgan fingerprint density at radius 2 is 1.92 bits per heavy atom. The number of amides is 2. The number of nitrogens with one attached hydrogen (secondary N) is 1. The van der Waals surface area contributed by atoms with E-state index < -0.39 is 6.09 Å². The molecule has 0 unspecified atom stereocenters. The third kappa shape index (κ3) is 2.67. The maximum atomic E-state index is 11.6. The summed E-state index contributed by atoms with van der Waals surface area (Å²) in [7, 11) is 3.07. The molecule has 0 aliphatic heterocycles. The summed E-state index contributed by atoms with van der Waals surface area (Å²) in [5.41, 5.74) is 3.67. The Morgan fingerprint density at radius 3 is 2.54 bits per heavy atom. The van der Waals surface area contributed by atoms with Crippen molar-refractivity contribution in [2.75, 3.05) is 19.0 Å². The number of pyridine rings is 1. The van der Waals surface area contributed by atoms with Gasteiger partial charge in [-0.15, -0.1) is 0 Å². The Hall–Kier alpha value is -3.35. The fourth-order valence-corrected chi connectivity index (χ4v) is 2.46. The van der Waals surface area contributed by atoms with E-state index in [9.17, 15) is 9.59 Å². The van der Waals surface area contributed by atoms with Crippen molar-refractivity contribution in [3.8, 4) is 11.1 Å². The molecule has 122 valence electrons. The molecule has 3 aromatic rings. The lowest BCUT2D eigenvalue weighted by molar-refractivity contribution is 0.0963. The molecule has 2 N–H and O–H groups in total. The highest BCUT2D eigenvalue weighted by molar-refractivity contribution is 5.95. The zero-order valence-electron chi connectivity index (χ0n) is 13.2. The fourth-order valence-electron chi connectivity index (χ4n) is 2.46. The van der Waals surface area contributed by atoms with Gasteiger partial charge < -0.3 is 10.4 Å². The predicted molar refractivity (Wildman–Crippen MR) is 90.4 cm³/mol. The third-order valence-electron chi connectivity index (χ3n) is 3.86. The van der Waals surface area contributed by atoms with E-state index in [2.05, 4.69) is 10.4 Å². The van der Waals surface area contributed by atoms with Gasteiger partial charge in [0, 0.05) is 31.4 Å². The smallest absolute Gasteiger partial charge is 0.411 e. The molecule has 1 aromatic carbocycles. The summed E-state index contributed by atoms with van der Waals surface area (Å²) in [5.74, 6) is -0.146. The Labute approximate surface area is 138 Å². The van der Waals surface area contributed by atoms with Crippen molar-refractivity contribution in [1.29, 1.82) is 0 Å². The summed E-state index contributed by atoms with van der Waals surface area (Å²) >= 11 is 0. The van der Waals surface area contributed by atoms with E-state index >= 15 is 0 Å². The molecule has 0 saturated heterocycles. The number of benzene rings is 1. The average molecular weight is 324 g/mol. The van der Waals surface area contributed by atoms with E-state index in [0.717, 1.165) is 21.5 Å². The van der Waals surface area contributed by atoms with E-state index in [0.29, 0.717) is 11.3 Å². The summed E-state index contributed by atoms with van der Waals surface area (Å²) in [6.45, 7) is 0. The molecule has 2 amide bonds. The summed E-state index contributed by atoms with van der Waals surface area (Å²) < 4.78 is 1.68. The van der Waals surface area contributed by atoms with Gasteiger partial charge in [-0.25, -0.2) is 9.31 Å². The second-order valence-electron chi connectivity index (χ2n) is 5.27. The third-order valence-corrected chi connectivity index (χ3v) is 3.86. The topological polar surface area (TPSA) is 86.9 Å². The number of anilines is 1. The quantitative estimate of drug-likeness (QED) is 0.775. The van der Waals surface area contributed by atoms with Gasteiger partial charge in [0.15, 0.2) is 0 Å². The second-order valence-corrected chi connectivity index (χ2v) is 5.27. The monoisotopic (exact) mass is 324 g/mol. The van der Waals surface area contributed by atoms with Crippen LogP contribution in [0.1, 0.15) is 10.4 Å². The average Bonchev–Trinajstić information content (AvgIpc) is 3.03. The van der Waals surface area contributed by atoms with Crippen LogP contribution in [0.15, 0.2) is 48.8 Å². The van der Waals surface area contributed by atoms with Gasteiger partial charge in [0.2, 0.25) is 0 Å². The van der Waals surface area contributed by atoms with Crippen molar-refractivity contribution in [1.82, 2.24) is 14.9 Å². The van der Waals surface area contributed by atoms with E-state index in [1.54, 1.807) is 48.2 Å². The number of carboxylic acid groups (broad SMARTS) is 1. The summed E-state index contributed by atoms with van der Waals surface area (Å²) in [6, 6.07) is 10.6. The molecule has 2 aromatic heterocycles. The molecule has 0 radical (unpaired) electrons.